The summed E-state index contributed by atoms with van der Waals surface area (Å²) in [7, 11) is 1.59. The van der Waals surface area contributed by atoms with E-state index in [2.05, 4.69) is 19.1 Å². The van der Waals surface area contributed by atoms with Crippen LogP contribution in [0.1, 0.15) is 27.2 Å². The molecule has 0 aliphatic heterocycles. The second kappa shape index (κ2) is 7.48. The zero-order valence-corrected chi connectivity index (χ0v) is 16.7. The summed E-state index contributed by atoms with van der Waals surface area (Å²) in [5.74, 6) is 1.19. The van der Waals surface area contributed by atoms with Crippen LogP contribution in [0.4, 0.5) is 5.13 Å². The second-order valence-corrected chi connectivity index (χ2v) is 7.64. The average molecular weight is 392 g/mol. The normalized spacial score (nSPS) is 11.0. The highest BCUT2D eigenvalue weighted by atomic mass is 32.1. The number of aryl methyl sites for hydroxylation is 2. The van der Waals surface area contributed by atoms with Gasteiger partial charge in [0, 0.05) is 5.56 Å². The lowest BCUT2D eigenvalue weighted by molar-refractivity contribution is 0.0983. The highest BCUT2D eigenvalue weighted by Gasteiger charge is 2.23. The minimum atomic E-state index is -0.149. The Morgan fingerprint density at radius 2 is 2.04 bits per heavy atom. The van der Waals surface area contributed by atoms with Crippen molar-refractivity contribution in [2.75, 3.05) is 12.0 Å². The Bertz CT molecular complexity index is 1130. The van der Waals surface area contributed by atoms with Crippen LogP contribution in [0.3, 0.4) is 0 Å². The van der Waals surface area contributed by atoms with Gasteiger partial charge in [0.25, 0.3) is 5.91 Å². The molecule has 4 aromatic rings. The van der Waals surface area contributed by atoms with Crippen LogP contribution in [0, 0.1) is 13.8 Å². The Morgan fingerprint density at radius 3 is 2.79 bits per heavy atom. The molecule has 1 amide bonds. The molecule has 0 aliphatic rings. The van der Waals surface area contributed by atoms with Gasteiger partial charge in [-0.05, 0) is 61.4 Å². The molecule has 0 radical (unpaired) electrons. The second-order valence-electron chi connectivity index (χ2n) is 6.63. The van der Waals surface area contributed by atoms with Gasteiger partial charge in [0.15, 0.2) is 5.13 Å². The van der Waals surface area contributed by atoms with Crippen molar-refractivity contribution in [1.29, 1.82) is 0 Å². The first-order chi connectivity index (χ1) is 13.5. The van der Waals surface area contributed by atoms with E-state index >= 15 is 0 Å². The maximum Gasteiger partial charge on any atom is 0.260 e. The quantitative estimate of drug-likeness (QED) is 0.459. The van der Waals surface area contributed by atoms with Crippen LogP contribution in [0.15, 0.2) is 59.2 Å². The van der Waals surface area contributed by atoms with E-state index < -0.39 is 0 Å². The van der Waals surface area contributed by atoms with Crippen molar-refractivity contribution in [1.82, 2.24) is 4.98 Å². The standard InChI is InChI=1S/C22H20N2O3S/c1-14-10-15(2)20-19(11-14)28-22(23-20)24(13-18-8-5-9-27-18)21(25)16-6-4-7-17(12-16)26-3/h4-12H,13H2,1-3H3. The molecular weight excluding hydrogens is 372 g/mol. The van der Waals surface area contributed by atoms with Gasteiger partial charge < -0.3 is 9.15 Å². The summed E-state index contributed by atoms with van der Waals surface area (Å²) in [6.07, 6.45) is 1.61. The van der Waals surface area contributed by atoms with Crippen LogP contribution in [0.25, 0.3) is 10.2 Å². The molecule has 142 valence electrons. The van der Waals surface area contributed by atoms with Crippen LogP contribution in [-0.2, 0) is 6.54 Å². The van der Waals surface area contributed by atoms with E-state index in [1.807, 2.05) is 31.2 Å². The lowest BCUT2D eigenvalue weighted by atomic mass is 10.1. The smallest absolute Gasteiger partial charge is 0.260 e. The van der Waals surface area contributed by atoms with Gasteiger partial charge in [-0.15, -0.1) is 0 Å². The molecule has 0 atom stereocenters. The van der Waals surface area contributed by atoms with E-state index in [4.69, 9.17) is 14.1 Å². The zero-order valence-electron chi connectivity index (χ0n) is 15.9. The number of fused-ring (bicyclic) bond motifs is 1. The minimum Gasteiger partial charge on any atom is -0.497 e. The third-order valence-electron chi connectivity index (χ3n) is 4.51. The first-order valence-corrected chi connectivity index (χ1v) is 9.73. The van der Waals surface area contributed by atoms with Gasteiger partial charge in [0.2, 0.25) is 0 Å². The van der Waals surface area contributed by atoms with Crippen LogP contribution in [0.2, 0.25) is 0 Å². The minimum absolute atomic E-state index is 0.149. The van der Waals surface area contributed by atoms with Crippen molar-refractivity contribution in [3.8, 4) is 5.75 Å². The number of amides is 1. The van der Waals surface area contributed by atoms with Crippen molar-refractivity contribution in [2.45, 2.75) is 20.4 Å². The number of carbonyl (C=O) groups excluding carboxylic acids is 1. The number of hydrogen-bond acceptors (Lipinski definition) is 5. The maximum absolute atomic E-state index is 13.4. The van der Waals surface area contributed by atoms with E-state index in [0.717, 1.165) is 15.8 Å². The highest BCUT2D eigenvalue weighted by Crippen LogP contribution is 2.33. The van der Waals surface area contributed by atoms with Gasteiger partial charge in [0.05, 0.1) is 30.1 Å². The molecule has 0 saturated carbocycles. The maximum atomic E-state index is 13.4. The molecule has 0 bridgehead atoms. The number of methoxy groups -OCH3 is 1. The molecule has 2 aromatic heterocycles. The molecule has 6 heteroatoms. The summed E-state index contributed by atoms with van der Waals surface area (Å²) in [4.78, 5) is 19.8. The molecule has 0 saturated heterocycles. The molecule has 5 nitrogen and oxygen atoms in total. The number of furan rings is 1. The molecule has 2 heterocycles. The fraction of sp³-hybridized carbons (Fsp3) is 0.182. The van der Waals surface area contributed by atoms with Crippen LogP contribution in [0.5, 0.6) is 5.75 Å². The number of anilines is 1. The van der Waals surface area contributed by atoms with Crippen molar-refractivity contribution in [2.24, 2.45) is 0 Å². The fourth-order valence-corrected chi connectivity index (χ4v) is 4.31. The summed E-state index contributed by atoms with van der Waals surface area (Å²) < 4.78 is 11.8. The van der Waals surface area contributed by atoms with Gasteiger partial charge in [-0.25, -0.2) is 4.98 Å². The molecule has 0 aliphatic carbocycles. The number of hydrogen-bond donors (Lipinski definition) is 0. The largest absolute Gasteiger partial charge is 0.497 e. The number of benzene rings is 2. The molecular formula is C22H20N2O3S. The Balaban J connectivity index is 1.79. The Hall–Kier alpha value is -3.12. The van der Waals surface area contributed by atoms with E-state index in [-0.39, 0.29) is 5.91 Å². The van der Waals surface area contributed by atoms with Crippen molar-refractivity contribution in [3.63, 3.8) is 0 Å². The monoisotopic (exact) mass is 392 g/mol. The number of rotatable bonds is 5. The predicted octanol–water partition coefficient (Wildman–Crippen LogP) is 5.36. The molecule has 0 unspecified atom stereocenters. The van der Waals surface area contributed by atoms with Crippen molar-refractivity contribution in [3.05, 3.63) is 77.2 Å². The van der Waals surface area contributed by atoms with Gasteiger partial charge in [0.1, 0.15) is 11.5 Å². The molecule has 0 N–H and O–H groups in total. The van der Waals surface area contributed by atoms with E-state index in [9.17, 15) is 4.79 Å². The van der Waals surface area contributed by atoms with E-state index in [1.165, 1.54) is 16.9 Å². The van der Waals surface area contributed by atoms with Gasteiger partial charge in [-0.3, -0.25) is 9.69 Å². The van der Waals surface area contributed by atoms with Crippen LogP contribution >= 0.6 is 11.3 Å². The summed E-state index contributed by atoms with van der Waals surface area (Å²) in [6, 6.07) is 15.0. The summed E-state index contributed by atoms with van der Waals surface area (Å²) in [5, 5.41) is 0.646. The Kier molecular flexibility index (Phi) is 4.88. The predicted molar refractivity (Wildman–Crippen MR) is 111 cm³/mol. The summed E-state index contributed by atoms with van der Waals surface area (Å²) >= 11 is 1.51. The molecule has 28 heavy (non-hydrogen) atoms. The first kappa shape index (κ1) is 18.3. The van der Waals surface area contributed by atoms with E-state index in [1.54, 1.807) is 30.4 Å². The lowest BCUT2D eigenvalue weighted by Gasteiger charge is -2.19. The summed E-state index contributed by atoms with van der Waals surface area (Å²) in [5.41, 5.74) is 3.74. The number of ether oxygens (including phenoxy) is 1. The topological polar surface area (TPSA) is 55.6 Å². The van der Waals surface area contributed by atoms with Crippen molar-refractivity contribution < 1.29 is 13.9 Å². The molecule has 0 spiro atoms. The zero-order chi connectivity index (χ0) is 19.7. The number of nitrogens with zero attached hydrogens (tertiary/aromatic N) is 2. The fourth-order valence-electron chi connectivity index (χ4n) is 3.17. The molecule has 4 rings (SSSR count). The first-order valence-electron chi connectivity index (χ1n) is 8.91. The number of carbonyl (C=O) groups is 1. The van der Waals surface area contributed by atoms with Gasteiger partial charge >= 0.3 is 0 Å². The van der Waals surface area contributed by atoms with E-state index in [0.29, 0.717) is 28.7 Å². The average Bonchev–Trinajstić information content (AvgIpc) is 3.35. The molecule has 2 aromatic carbocycles. The van der Waals surface area contributed by atoms with Gasteiger partial charge in [-0.1, -0.05) is 23.5 Å². The number of thiazole rings is 1. The third kappa shape index (κ3) is 3.51. The van der Waals surface area contributed by atoms with Crippen LogP contribution < -0.4 is 9.64 Å². The highest BCUT2D eigenvalue weighted by molar-refractivity contribution is 7.22. The number of aromatic nitrogens is 1. The lowest BCUT2D eigenvalue weighted by Crippen LogP contribution is -2.30. The SMILES string of the molecule is COc1cccc(C(=O)N(Cc2ccco2)c2nc3c(C)cc(C)cc3s2)c1. The molecule has 0 fully saturated rings. The van der Waals surface area contributed by atoms with Crippen LogP contribution in [-0.4, -0.2) is 18.0 Å². The van der Waals surface area contributed by atoms with Crippen molar-refractivity contribution >= 4 is 32.6 Å². The van der Waals surface area contributed by atoms with Gasteiger partial charge in [-0.2, -0.15) is 0 Å². The Labute approximate surface area is 167 Å². The third-order valence-corrected chi connectivity index (χ3v) is 5.53. The Morgan fingerprint density at radius 1 is 1.18 bits per heavy atom. The summed E-state index contributed by atoms with van der Waals surface area (Å²) in [6.45, 7) is 4.41.